The summed E-state index contributed by atoms with van der Waals surface area (Å²) in [5.41, 5.74) is 1.70. The summed E-state index contributed by atoms with van der Waals surface area (Å²) in [6.07, 6.45) is 1.48. The van der Waals surface area contributed by atoms with Gasteiger partial charge in [0.2, 0.25) is 0 Å². The number of hydrogen-bond acceptors (Lipinski definition) is 4. The number of benzene rings is 1. The molecule has 0 radical (unpaired) electrons. The van der Waals surface area contributed by atoms with Crippen molar-refractivity contribution in [2.75, 3.05) is 38.1 Å². The molecule has 7 heteroatoms. The second-order valence-electron chi connectivity index (χ2n) is 6.10. The molecule has 1 fully saturated rings. The number of ether oxygens (including phenoxy) is 1. The molecule has 26 heavy (non-hydrogen) atoms. The van der Waals surface area contributed by atoms with E-state index in [4.69, 9.17) is 9.15 Å². The lowest BCUT2D eigenvalue weighted by Gasteiger charge is -2.34. The zero-order valence-electron chi connectivity index (χ0n) is 15.0. The number of rotatable bonds is 4. The quantitative estimate of drug-likeness (QED) is 0.913. The van der Waals surface area contributed by atoms with E-state index in [9.17, 15) is 9.59 Å². The van der Waals surface area contributed by atoms with Crippen LogP contribution in [0.4, 0.5) is 10.5 Å². The third kappa shape index (κ3) is 3.99. The summed E-state index contributed by atoms with van der Waals surface area (Å²) in [4.78, 5) is 28.2. The molecule has 1 N–H and O–H groups in total. The van der Waals surface area contributed by atoms with E-state index in [0.29, 0.717) is 38.5 Å². The van der Waals surface area contributed by atoms with Gasteiger partial charge in [-0.3, -0.25) is 4.79 Å². The van der Waals surface area contributed by atoms with Crippen molar-refractivity contribution >= 4 is 17.6 Å². The first-order valence-corrected chi connectivity index (χ1v) is 8.70. The van der Waals surface area contributed by atoms with Crippen LogP contribution in [0.1, 0.15) is 23.0 Å². The van der Waals surface area contributed by atoms with Crippen LogP contribution in [-0.2, 0) is 0 Å². The number of piperazine rings is 1. The maximum absolute atomic E-state index is 12.5. The first-order valence-electron chi connectivity index (χ1n) is 8.70. The molecule has 2 aromatic rings. The van der Waals surface area contributed by atoms with Crippen LogP contribution >= 0.6 is 0 Å². The van der Waals surface area contributed by atoms with Gasteiger partial charge < -0.3 is 24.3 Å². The van der Waals surface area contributed by atoms with Crippen molar-refractivity contribution in [3.05, 3.63) is 47.9 Å². The number of nitrogens with zero attached hydrogens (tertiary/aromatic N) is 2. The van der Waals surface area contributed by atoms with Crippen LogP contribution in [0.25, 0.3) is 0 Å². The van der Waals surface area contributed by atoms with E-state index in [0.717, 1.165) is 17.0 Å². The van der Waals surface area contributed by atoms with E-state index in [-0.39, 0.29) is 11.9 Å². The van der Waals surface area contributed by atoms with Crippen LogP contribution < -0.4 is 10.1 Å². The van der Waals surface area contributed by atoms with Gasteiger partial charge in [0.1, 0.15) is 5.75 Å². The third-order valence-corrected chi connectivity index (χ3v) is 4.34. The molecule has 2 heterocycles. The molecule has 1 aromatic carbocycles. The number of furan rings is 1. The van der Waals surface area contributed by atoms with Crippen LogP contribution in [0.5, 0.6) is 5.75 Å². The normalized spacial score (nSPS) is 14.2. The number of carbonyl (C=O) groups is 2. The number of nitrogens with one attached hydrogen (secondary N) is 1. The zero-order chi connectivity index (χ0) is 18.5. The number of amides is 3. The molecule has 0 atom stereocenters. The second-order valence-corrected chi connectivity index (χ2v) is 6.10. The molecule has 3 amide bonds. The summed E-state index contributed by atoms with van der Waals surface area (Å²) in [6.45, 7) is 6.39. The van der Waals surface area contributed by atoms with Crippen molar-refractivity contribution in [2.45, 2.75) is 13.8 Å². The Morgan fingerprint density at radius 3 is 2.50 bits per heavy atom. The highest BCUT2D eigenvalue weighted by molar-refractivity contribution is 5.92. The number of aryl methyl sites for hydroxylation is 1. The Morgan fingerprint density at radius 1 is 1.15 bits per heavy atom. The van der Waals surface area contributed by atoms with Gasteiger partial charge in [0.25, 0.3) is 5.91 Å². The first kappa shape index (κ1) is 17.8. The Bertz CT molecular complexity index is 765. The number of hydrogen-bond donors (Lipinski definition) is 1. The van der Waals surface area contributed by atoms with Gasteiger partial charge in [0.15, 0.2) is 5.76 Å². The summed E-state index contributed by atoms with van der Waals surface area (Å²) >= 11 is 0. The van der Waals surface area contributed by atoms with Gasteiger partial charge in [-0.1, -0.05) is 0 Å². The summed E-state index contributed by atoms with van der Waals surface area (Å²) in [5.74, 6) is 0.971. The highest BCUT2D eigenvalue weighted by Gasteiger charge is 2.26. The minimum absolute atomic E-state index is 0.141. The Morgan fingerprint density at radius 2 is 1.88 bits per heavy atom. The fraction of sp³-hybridized carbons (Fsp3) is 0.368. The largest absolute Gasteiger partial charge is 0.494 e. The van der Waals surface area contributed by atoms with E-state index in [1.165, 1.54) is 6.26 Å². The molecule has 3 rings (SSSR count). The smallest absolute Gasteiger partial charge is 0.321 e. The van der Waals surface area contributed by atoms with Gasteiger partial charge in [-0.25, -0.2) is 4.79 Å². The van der Waals surface area contributed by atoms with Crippen molar-refractivity contribution in [1.82, 2.24) is 9.80 Å². The lowest BCUT2D eigenvalue weighted by Crippen LogP contribution is -2.51. The molecule has 1 aliphatic rings. The maximum atomic E-state index is 12.5. The molecule has 7 nitrogen and oxygen atoms in total. The van der Waals surface area contributed by atoms with Crippen molar-refractivity contribution < 1.29 is 18.7 Å². The Labute approximate surface area is 152 Å². The third-order valence-electron chi connectivity index (χ3n) is 4.34. The number of urea groups is 1. The fourth-order valence-corrected chi connectivity index (χ4v) is 2.90. The number of carbonyl (C=O) groups excluding carboxylic acids is 2. The minimum atomic E-state index is -0.164. The molecule has 138 valence electrons. The SMILES string of the molecule is CCOc1ccc(NC(=O)N2CCN(C(=O)c3ccco3)CC2)c(C)c1. The molecule has 0 saturated carbocycles. The lowest BCUT2D eigenvalue weighted by atomic mass is 10.2. The average Bonchev–Trinajstić information content (AvgIpc) is 3.18. The zero-order valence-corrected chi connectivity index (χ0v) is 15.0. The molecule has 1 saturated heterocycles. The molecule has 1 aliphatic heterocycles. The predicted molar refractivity (Wildman–Crippen MR) is 97.6 cm³/mol. The average molecular weight is 357 g/mol. The Balaban J connectivity index is 1.55. The number of anilines is 1. The van der Waals surface area contributed by atoms with Gasteiger partial charge in [0.05, 0.1) is 12.9 Å². The molecular formula is C19H23N3O4. The highest BCUT2D eigenvalue weighted by atomic mass is 16.5. The molecular weight excluding hydrogens is 334 g/mol. The second kappa shape index (κ2) is 7.95. The van der Waals surface area contributed by atoms with Crippen molar-refractivity contribution in [2.24, 2.45) is 0 Å². The van der Waals surface area contributed by atoms with Gasteiger partial charge >= 0.3 is 6.03 Å². The van der Waals surface area contributed by atoms with Crippen molar-refractivity contribution in [3.8, 4) is 5.75 Å². The summed E-state index contributed by atoms with van der Waals surface area (Å²) < 4.78 is 10.6. The summed E-state index contributed by atoms with van der Waals surface area (Å²) in [6, 6.07) is 8.76. The van der Waals surface area contributed by atoms with E-state index in [2.05, 4.69) is 5.32 Å². The van der Waals surface area contributed by atoms with Gasteiger partial charge in [-0.05, 0) is 49.7 Å². The van der Waals surface area contributed by atoms with E-state index in [1.807, 2.05) is 32.0 Å². The van der Waals surface area contributed by atoms with Gasteiger partial charge in [-0.15, -0.1) is 0 Å². The minimum Gasteiger partial charge on any atom is -0.494 e. The topological polar surface area (TPSA) is 75.0 Å². The summed E-state index contributed by atoms with van der Waals surface area (Å²) in [5, 5.41) is 2.93. The molecule has 0 bridgehead atoms. The van der Waals surface area contributed by atoms with E-state index < -0.39 is 0 Å². The molecule has 0 unspecified atom stereocenters. The van der Waals surface area contributed by atoms with E-state index >= 15 is 0 Å². The fourth-order valence-electron chi connectivity index (χ4n) is 2.90. The van der Waals surface area contributed by atoms with Crippen LogP contribution in [0.3, 0.4) is 0 Å². The van der Waals surface area contributed by atoms with Crippen LogP contribution in [0.2, 0.25) is 0 Å². The monoisotopic (exact) mass is 357 g/mol. The van der Waals surface area contributed by atoms with Crippen LogP contribution in [0, 0.1) is 6.92 Å². The Kier molecular flexibility index (Phi) is 5.46. The van der Waals surface area contributed by atoms with Gasteiger partial charge in [-0.2, -0.15) is 0 Å². The molecule has 1 aromatic heterocycles. The van der Waals surface area contributed by atoms with Gasteiger partial charge in [0, 0.05) is 31.9 Å². The Hall–Kier alpha value is -2.96. The highest BCUT2D eigenvalue weighted by Crippen LogP contribution is 2.22. The van der Waals surface area contributed by atoms with Crippen molar-refractivity contribution in [3.63, 3.8) is 0 Å². The van der Waals surface area contributed by atoms with Crippen LogP contribution in [0.15, 0.2) is 41.0 Å². The summed E-state index contributed by atoms with van der Waals surface area (Å²) in [7, 11) is 0. The standard InChI is InChI=1S/C19H23N3O4/c1-3-25-15-6-7-16(14(2)13-15)20-19(24)22-10-8-21(9-11-22)18(23)17-5-4-12-26-17/h4-7,12-13H,3,8-11H2,1-2H3,(H,20,24). The first-order chi connectivity index (χ1) is 12.6. The lowest BCUT2D eigenvalue weighted by molar-refractivity contribution is 0.0640. The molecule has 0 aliphatic carbocycles. The molecule has 0 spiro atoms. The van der Waals surface area contributed by atoms with Crippen molar-refractivity contribution in [1.29, 1.82) is 0 Å². The van der Waals surface area contributed by atoms with E-state index in [1.54, 1.807) is 21.9 Å². The van der Waals surface area contributed by atoms with Crippen LogP contribution in [-0.4, -0.2) is 54.5 Å². The predicted octanol–water partition coefficient (Wildman–Crippen LogP) is 2.98. The maximum Gasteiger partial charge on any atom is 0.321 e.